The number of thiol groups is 1. The standard InChI is InChI=1S/C15H23ClN4O3S2/c1-5-20(6-2)15(22)12-13(21)11(9-19(12)3)18-25(4,23)17-10-7-8-24-14(10)16/h7-9,21,25H,5-6H2,1-4H3,(H2,17,18,23). The minimum absolute atomic E-state index is 0.153. The van der Waals surface area contributed by atoms with E-state index in [9.17, 15) is 14.1 Å². The SMILES string of the molecule is CCN(CC)C(=O)c1c(O)c(N[SH](C)(=O)Nc2ccsc2Cl)cn1C. The second-order valence-electron chi connectivity index (χ2n) is 5.58. The second kappa shape index (κ2) is 7.67. The van der Waals surface area contributed by atoms with Crippen molar-refractivity contribution in [1.82, 2.24) is 9.47 Å². The molecule has 10 heteroatoms. The molecule has 0 radical (unpaired) electrons. The van der Waals surface area contributed by atoms with E-state index in [0.717, 1.165) is 0 Å². The molecule has 25 heavy (non-hydrogen) atoms. The van der Waals surface area contributed by atoms with Gasteiger partial charge in [0.1, 0.15) is 10.0 Å². The third-order valence-corrected chi connectivity index (χ3v) is 6.20. The highest BCUT2D eigenvalue weighted by atomic mass is 35.5. The van der Waals surface area contributed by atoms with Gasteiger partial charge in [-0.25, -0.2) is 4.21 Å². The number of nitrogens with one attached hydrogen (secondary N) is 2. The van der Waals surface area contributed by atoms with Crippen LogP contribution in [0.4, 0.5) is 11.4 Å². The normalized spacial score (nSPS) is 12.0. The molecule has 0 bridgehead atoms. The fourth-order valence-electron chi connectivity index (χ4n) is 2.47. The first-order valence-electron chi connectivity index (χ1n) is 7.74. The van der Waals surface area contributed by atoms with Crippen LogP contribution in [0.5, 0.6) is 5.75 Å². The number of thiophene rings is 1. The molecule has 0 unspecified atom stereocenters. The van der Waals surface area contributed by atoms with Crippen molar-refractivity contribution in [3.05, 3.63) is 27.7 Å². The number of hydrogen-bond acceptors (Lipinski definition) is 4. The molecule has 0 aliphatic carbocycles. The largest absolute Gasteiger partial charge is 0.504 e. The lowest BCUT2D eigenvalue weighted by Crippen LogP contribution is -2.31. The van der Waals surface area contributed by atoms with E-state index < -0.39 is 10.3 Å². The molecule has 0 aliphatic rings. The number of aromatic nitrogens is 1. The first-order valence-corrected chi connectivity index (χ1v) is 11.2. The van der Waals surface area contributed by atoms with E-state index >= 15 is 0 Å². The number of aryl methyl sites for hydroxylation is 1. The molecule has 0 spiro atoms. The molecule has 0 fully saturated rings. The molecule has 0 aliphatic heterocycles. The van der Waals surface area contributed by atoms with Crippen molar-refractivity contribution in [1.29, 1.82) is 0 Å². The van der Waals surface area contributed by atoms with Crippen molar-refractivity contribution >= 4 is 50.5 Å². The summed E-state index contributed by atoms with van der Waals surface area (Å²) in [6.45, 7) is 4.81. The quantitative estimate of drug-likeness (QED) is 0.533. The van der Waals surface area contributed by atoms with Gasteiger partial charge in [-0.15, -0.1) is 11.3 Å². The molecule has 3 N–H and O–H groups in total. The fraction of sp³-hybridized carbons (Fsp3) is 0.400. The van der Waals surface area contributed by atoms with Gasteiger partial charge in [0.25, 0.3) is 5.91 Å². The minimum Gasteiger partial charge on any atom is -0.504 e. The predicted molar refractivity (Wildman–Crippen MR) is 106 cm³/mol. The van der Waals surface area contributed by atoms with Crippen LogP contribution in [-0.2, 0) is 17.4 Å². The van der Waals surface area contributed by atoms with Gasteiger partial charge in [-0.05, 0) is 25.3 Å². The Bertz CT molecular complexity index is 814. The van der Waals surface area contributed by atoms with E-state index in [-0.39, 0.29) is 23.0 Å². The van der Waals surface area contributed by atoms with Crippen molar-refractivity contribution in [3.63, 3.8) is 0 Å². The van der Waals surface area contributed by atoms with Gasteiger partial charge in [-0.2, -0.15) is 0 Å². The summed E-state index contributed by atoms with van der Waals surface area (Å²) in [4.78, 5) is 14.1. The van der Waals surface area contributed by atoms with Crippen LogP contribution in [0.3, 0.4) is 0 Å². The maximum Gasteiger partial charge on any atom is 0.274 e. The Morgan fingerprint density at radius 2 is 1.96 bits per heavy atom. The van der Waals surface area contributed by atoms with Crippen LogP contribution in [0.15, 0.2) is 17.6 Å². The molecule has 7 nitrogen and oxygen atoms in total. The van der Waals surface area contributed by atoms with Gasteiger partial charge in [0, 0.05) is 42.9 Å². The molecule has 2 aromatic heterocycles. The highest BCUT2D eigenvalue weighted by molar-refractivity contribution is 8.04. The first-order chi connectivity index (χ1) is 11.7. The van der Waals surface area contributed by atoms with Gasteiger partial charge in [0.15, 0.2) is 11.4 Å². The van der Waals surface area contributed by atoms with E-state index in [1.54, 1.807) is 29.6 Å². The lowest BCUT2D eigenvalue weighted by molar-refractivity contribution is 0.0760. The number of aromatic hydroxyl groups is 1. The third kappa shape index (κ3) is 4.28. The number of carbonyl (C=O) groups excluding carboxylic acids is 1. The number of carbonyl (C=O) groups is 1. The third-order valence-electron chi connectivity index (χ3n) is 3.69. The molecule has 2 aromatic rings. The summed E-state index contributed by atoms with van der Waals surface area (Å²) in [5, 5.41) is 12.2. The fourth-order valence-corrected chi connectivity index (χ4v) is 4.77. The molecule has 0 saturated heterocycles. The van der Waals surface area contributed by atoms with Crippen molar-refractivity contribution in [2.45, 2.75) is 13.8 Å². The summed E-state index contributed by atoms with van der Waals surface area (Å²) < 4.78 is 20.5. The molecule has 0 aromatic carbocycles. The highest BCUT2D eigenvalue weighted by Gasteiger charge is 2.25. The topological polar surface area (TPSA) is 86.6 Å². The molecule has 0 atom stereocenters. The Hall–Kier alpha value is -1.71. The maximum absolute atomic E-state index is 12.8. The Labute approximate surface area is 157 Å². The molecular formula is C15H23ClN4O3S2. The highest BCUT2D eigenvalue weighted by Crippen LogP contribution is 2.33. The number of halogens is 1. The van der Waals surface area contributed by atoms with Gasteiger partial charge >= 0.3 is 0 Å². The smallest absolute Gasteiger partial charge is 0.274 e. The summed E-state index contributed by atoms with van der Waals surface area (Å²) in [5.74, 6) is -0.502. The maximum atomic E-state index is 12.8. The molecule has 1 amide bonds. The number of rotatable bonds is 7. The van der Waals surface area contributed by atoms with Gasteiger partial charge in [0.05, 0.1) is 5.69 Å². The van der Waals surface area contributed by atoms with E-state index in [2.05, 4.69) is 9.44 Å². The minimum atomic E-state index is -3.11. The average Bonchev–Trinajstić information content (AvgIpc) is 3.03. The van der Waals surface area contributed by atoms with Crippen LogP contribution in [0.25, 0.3) is 0 Å². The van der Waals surface area contributed by atoms with Gasteiger partial charge in [-0.1, -0.05) is 11.6 Å². The van der Waals surface area contributed by atoms with E-state index in [0.29, 0.717) is 23.1 Å². The monoisotopic (exact) mass is 406 g/mol. The summed E-state index contributed by atoms with van der Waals surface area (Å²) in [7, 11) is -1.45. The van der Waals surface area contributed by atoms with Crippen LogP contribution in [-0.4, -0.2) is 44.0 Å². The van der Waals surface area contributed by atoms with Gasteiger partial charge < -0.3 is 24.0 Å². The number of amides is 1. The Balaban J connectivity index is 2.26. The summed E-state index contributed by atoms with van der Waals surface area (Å²) >= 11 is 7.34. The van der Waals surface area contributed by atoms with Crippen molar-refractivity contribution in [3.8, 4) is 5.75 Å². The van der Waals surface area contributed by atoms with Gasteiger partial charge in [-0.3, -0.25) is 4.79 Å². The Kier molecular flexibility index (Phi) is 6.02. The number of nitrogens with zero attached hydrogens (tertiary/aromatic N) is 2. The average molecular weight is 407 g/mol. The second-order valence-corrected chi connectivity index (χ2v) is 9.40. The van der Waals surface area contributed by atoms with E-state index in [1.165, 1.54) is 22.2 Å². The molecule has 2 heterocycles. The molecule has 2 rings (SSSR count). The molecular weight excluding hydrogens is 384 g/mol. The zero-order valence-electron chi connectivity index (χ0n) is 14.5. The summed E-state index contributed by atoms with van der Waals surface area (Å²) in [5.41, 5.74) is 0.933. The Morgan fingerprint density at radius 3 is 2.48 bits per heavy atom. The molecule has 0 saturated carbocycles. The van der Waals surface area contributed by atoms with Crippen LogP contribution in [0.1, 0.15) is 24.3 Å². The van der Waals surface area contributed by atoms with Crippen LogP contribution in [0, 0.1) is 0 Å². The van der Waals surface area contributed by atoms with E-state index in [1.807, 2.05) is 13.8 Å². The lowest BCUT2D eigenvalue weighted by atomic mass is 10.3. The van der Waals surface area contributed by atoms with Crippen molar-refractivity contribution < 1.29 is 14.1 Å². The van der Waals surface area contributed by atoms with Crippen molar-refractivity contribution in [2.24, 2.45) is 7.05 Å². The number of hydrogen-bond donors (Lipinski definition) is 4. The van der Waals surface area contributed by atoms with Gasteiger partial charge in [0.2, 0.25) is 0 Å². The van der Waals surface area contributed by atoms with E-state index in [4.69, 9.17) is 11.6 Å². The predicted octanol–water partition coefficient (Wildman–Crippen LogP) is 2.93. The zero-order valence-corrected chi connectivity index (χ0v) is 17.0. The molecule has 140 valence electrons. The first kappa shape index (κ1) is 19.6. The lowest BCUT2D eigenvalue weighted by Gasteiger charge is -2.23. The summed E-state index contributed by atoms with van der Waals surface area (Å²) in [6, 6.07) is 1.73. The Morgan fingerprint density at radius 1 is 1.36 bits per heavy atom. The number of anilines is 2. The van der Waals surface area contributed by atoms with Crippen LogP contribution in [0.2, 0.25) is 4.34 Å². The zero-order chi connectivity index (χ0) is 18.8. The van der Waals surface area contributed by atoms with Crippen LogP contribution < -0.4 is 9.44 Å². The van der Waals surface area contributed by atoms with Crippen molar-refractivity contribution in [2.75, 3.05) is 28.8 Å². The van der Waals surface area contributed by atoms with Crippen LogP contribution >= 0.6 is 22.9 Å². The summed E-state index contributed by atoms with van der Waals surface area (Å²) in [6.07, 6.45) is 3.03.